The van der Waals surface area contributed by atoms with E-state index in [0.717, 1.165) is 33.2 Å². The van der Waals surface area contributed by atoms with Crippen molar-refractivity contribution in [3.63, 3.8) is 0 Å². The molecule has 3 aromatic carbocycles. The monoisotopic (exact) mass is 502 g/mol. The van der Waals surface area contributed by atoms with Gasteiger partial charge in [-0.1, -0.05) is 59.6 Å². The number of benzene rings is 3. The number of hydrogen-bond donors (Lipinski definition) is 1. The topological polar surface area (TPSA) is 66.5 Å². The van der Waals surface area contributed by atoms with E-state index in [1.54, 1.807) is 36.0 Å². The lowest BCUT2D eigenvalue weighted by Gasteiger charge is -2.23. The molecular weight excluding hydrogens is 476 g/mol. The fourth-order valence-corrected chi connectivity index (χ4v) is 5.21. The molecule has 1 N–H and O–H groups in total. The number of rotatable bonds is 10. The van der Waals surface area contributed by atoms with Crippen molar-refractivity contribution in [2.45, 2.75) is 19.2 Å². The Balaban J connectivity index is 1.55. The molecule has 1 amide bonds. The van der Waals surface area contributed by atoms with Crippen LogP contribution in [0, 0.1) is 6.92 Å². The molecule has 174 valence electrons. The second-order valence-electron chi connectivity index (χ2n) is 7.70. The van der Waals surface area contributed by atoms with E-state index in [1.165, 1.54) is 10.6 Å². The van der Waals surface area contributed by atoms with Crippen LogP contribution in [0.5, 0.6) is 0 Å². The quantitative estimate of drug-likeness (QED) is 0.383. The number of halogens is 1. The highest BCUT2D eigenvalue weighted by atomic mass is 35.5. The van der Waals surface area contributed by atoms with Gasteiger partial charge in [0.25, 0.3) is 5.91 Å². The molecule has 0 aliphatic carbocycles. The van der Waals surface area contributed by atoms with Crippen LogP contribution in [-0.4, -0.2) is 32.9 Å². The van der Waals surface area contributed by atoms with E-state index >= 15 is 0 Å². The first-order valence-corrected chi connectivity index (χ1v) is 13.8. The predicted molar refractivity (Wildman–Crippen MR) is 139 cm³/mol. The first-order chi connectivity index (χ1) is 15.7. The molecule has 3 aromatic rings. The van der Waals surface area contributed by atoms with Crippen molar-refractivity contribution in [2.24, 2.45) is 0 Å². The van der Waals surface area contributed by atoms with Gasteiger partial charge >= 0.3 is 0 Å². The van der Waals surface area contributed by atoms with Gasteiger partial charge in [-0.3, -0.25) is 9.10 Å². The van der Waals surface area contributed by atoms with Crippen LogP contribution in [-0.2, 0) is 22.3 Å². The summed E-state index contributed by atoms with van der Waals surface area (Å²) in [6.45, 7) is 2.74. The summed E-state index contributed by atoms with van der Waals surface area (Å²) in [6.07, 6.45) is 1.18. The number of nitrogens with zero attached hydrogens (tertiary/aromatic N) is 1. The van der Waals surface area contributed by atoms with E-state index < -0.39 is 10.0 Å². The van der Waals surface area contributed by atoms with Crippen LogP contribution in [0.3, 0.4) is 0 Å². The van der Waals surface area contributed by atoms with Crippen LogP contribution >= 0.6 is 23.4 Å². The van der Waals surface area contributed by atoms with E-state index in [0.29, 0.717) is 17.8 Å². The smallest absolute Gasteiger partial charge is 0.251 e. The molecule has 33 heavy (non-hydrogen) atoms. The van der Waals surface area contributed by atoms with Gasteiger partial charge in [-0.15, -0.1) is 0 Å². The number of carbonyl (C=O) groups excluding carboxylic acids is 1. The first-order valence-electron chi connectivity index (χ1n) is 10.5. The standard InChI is InChI=1S/C25H27ClN2O3S2/c1-19-7-9-20(10-8-19)17-28(33(2,30)31)23-13-11-21(12-14-23)25(29)27-15-16-32-18-22-5-3-4-6-24(22)26/h3-14H,15-18H2,1-2H3,(H,27,29). The number of nitrogens with one attached hydrogen (secondary N) is 1. The maximum atomic E-state index is 12.5. The summed E-state index contributed by atoms with van der Waals surface area (Å²) in [5.41, 5.74) is 4.08. The summed E-state index contributed by atoms with van der Waals surface area (Å²) in [5.74, 6) is 1.35. The average molecular weight is 503 g/mol. The van der Waals surface area contributed by atoms with Crippen molar-refractivity contribution in [3.05, 3.63) is 100 Å². The Morgan fingerprint density at radius 1 is 1.00 bits per heavy atom. The Hall–Kier alpha value is -2.48. The molecule has 0 aliphatic heterocycles. The Bertz CT molecular complexity index is 1180. The van der Waals surface area contributed by atoms with Crippen molar-refractivity contribution >= 4 is 45.0 Å². The first kappa shape index (κ1) is 25.1. The van der Waals surface area contributed by atoms with Crippen LogP contribution < -0.4 is 9.62 Å². The van der Waals surface area contributed by atoms with Crippen molar-refractivity contribution in [2.75, 3.05) is 22.9 Å². The zero-order valence-electron chi connectivity index (χ0n) is 18.6. The summed E-state index contributed by atoms with van der Waals surface area (Å²) in [5, 5.41) is 3.65. The molecule has 0 spiro atoms. The summed E-state index contributed by atoms with van der Waals surface area (Å²) < 4.78 is 26.1. The second kappa shape index (κ2) is 11.6. The molecule has 3 rings (SSSR count). The third-order valence-electron chi connectivity index (χ3n) is 5.01. The van der Waals surface area contributed by atoms with Crippen LogP contribution in [0.1, 0.15) is 27.0 Å². The van der Waals surface area contributed by atoms with Gasteiger partial charge in [-0.25, -0.2) is 8.42 Å². The molecule has 0 atom stereocenters. The van der Waals surface area contributed by atoms with Gasteiger partial charge in [0, 0.05) is 28.6 Å². The molecule has 0 aromatic heterocycles. The number of thioether (sulfide) groups is 1. The minimum atomic E-state index is -3.49. The normalized spacial score (nSPS) is 11.2. The second-order valence-corrected chi connectivity index (χ2v) is 11.1. The van der Waals surface area contributed by atoms with Gasteiger partial charge in [-0.2, -0.15) is 11.8 Å². The van der Waals surface area contributed by atoms with Crippen molar-refractivity contribution in [1.82, 2.24) is 5.32 Å². The van der Waals surface area contributed by atoms with Gasteiger partial charge in [0.05, 0.1) is 18.5 Å². The number of aryl methyl sites for hydroxylation is 1. The number of amides is 1. The molecule has 0 saturated heterocycles. The van der Waals surface area contributed by atoms with Gasteiger partial charge < -0.3 is 5.32 Å². The van der Waals surface area contributed by atoms with Crippen LogP contribution in [0.2, 0.25) is 5.02 Å². The maximum Gasteiger partial charge on any atom is 0.251 e. The summed E-state index contributed by atoms with van der Waals surface area (Å²) in [7, 11) is -3.49. The molecule has 0 fully saturated rings. The SMILES string of the molecule is Cc1ccc(CN(c2ccc(C(=O)NCCSCc3ccccc3Cl)cc2)S(C)(=O)=O)cc1. The molecule has 0 heterocycles. The van der Waals surface area contributed by atoms with Gasteiger partial charge in [0.1, 0.15) is 0 Å². The molecule has 0 radical (unpaired) electrons. The lowest BCUT2D eigenvalue weighted by Crippen LogP contribution is -2.29. The molecular formula is C25H27ClN2O3S2. The van der Waals surface area contributed by atoms with Crippen LogP contribution in [0.4, 0.5) is 5.69 Å². The number of anilines is 1. The molecule has 0 aliphatic rings. The fraction of sp³-hybridized carbons (Fsp3) is 0.240. The number of sulfonamides is 1. The molecule has 0 unspecified atom stereocenters. The zero-order valence-corrected chi connectivity index (χ0v) is 21.0. The Morgan fingerprint density at radius 2 is 1.67 bits per heavy atom. The van der Waals surface area contributed by atoms with E-state index in [1.807, 2.05) is 55.5 Å². The van der Waals surface area contributed by atoms with Gasteiger partial charge in [0.2, 0.25) is 10.0 Å². The number of carbonyl (C=O) groups is 1. The molecule has 0 bridgehead atoms. The highest BCUT2D eigenvalue weighted by Crippen LogP contribution is 2.22. The molecule has 0 saturated carbocycles. The maximum absolute atomic E-state index is 12.5. The molecule has 8 heteroatoms. The summed E-state index contributed by atoms with van der Waals surface area (Å²) >= 11 is 7.85. The lowest BCUT2D eigenvalue weighted by molar-refractivity contribution is 0.0956. The minimum absolute atomic E-state index is 0.190. The van der Waals surface area contributed by atoms with Gasteiger partial charge in [0.15, 0.2) is 0 Å². The third kappa shape index (κ3) is 7.52. The third-order valence-corrected chi connectivity index (χ3v) is 7.53. The summed E-state index contributed by atoms with van der Waals surface area (Å²) in [4.78, 5) is 12.5. The highest BCUT2D eigenvalue weighted by molar-refractivity contribution is 7.98. The van der Waals surface area contributed by atoms with Gasteiger partial charge in [-0.05, 0) is 48.4 Å². The lowest BCUT2D eigenvalue weighted by atomic mass is 10.1. The largest absolute Gasteiger partial charge is 0.351 e. The molecule has 5 nitrogen and oxygen atoms in total. The Morgan fingerprint density at radius 3 is 2.30 bits per heavy atom. The number of hydrogen-bond acceptors (Lipinski definition) is 4. The average Bonchev–Trinajstić information content (AvgIpc) is 2.79. The van der Waals surface area contributed by atoms with E-state index in [2.05, 4.69) is 5.32 Å². The van der Waals surface area contributed by atoms with E-state index in [4.69, 9.17) is 11.6 Å². The Kier molecular flexibility index (Phi) is 8.83. The van der Waals surface area contributed by atoms with Crippen molar-refractivity contribution in [3.8, 4) is 0 Å². The zero-order chi connectivity index (χ0) is 23.8. The predicted octanol–water partition coefficient (Wildman–Crippen LogP) is 5.28. The minimum Gasteiger partial charge on any atom is -0.351 e. The van der Waals surface area contributed by atoms with E-state index in [9.17, 15) is 13.2 Å². The summed E-state index contributed by atoms with van der Waals surface area (Å²) in [6, 6.07) is 22.1. The highest BCUT2D eigenvalue weighted by Gasteiger charge is 2.18. The Labute approximate surface area is 205 Å². The van der Waals surface area contributed by atoms with E-state index in [-0.39, 0.29) is 12.5 Å². The fourth-order valence-electron chi connectivity index (χ4n) is 3.17. The van der Waals surface area contributed by atoms with Crippen molar-refractivity contribution < 1.29 is 13.2 Å². The van der Waals surface area contributed by atoms with Crippen LogP contribution in [0.25, 0.3) is 0 Å². The van der Waals surface area contributed by atoms with Crippen molar-refractivity contribution in [1.29, 1.82) is 0 Å². The van der Waals surface area contributed by atoms with Crippen LogP contribution in [0.15, 0.2) is 72.8 Å².